The lowest BCUT2D eigenvalue weighted by Crippen LogP contribution is -2.74. The number of hydrogen-bond acceptors (Lipinski definition) is 6. The summed E-state index contributed by atoms with van der Waals surface area (Å²) in [5.41, 5.74) is 0. The van der Waals surface area contributed by atoms with Crippen LogP contribution in [0.25, 0.3) is 0 Å². The van der Waals surface area contributed by atoms with Crippen molar-refractivity contribution in [3.05, 3.63) is 0 Å². The van der Waals surface area contributed by atoms with E-state index < -0.39 is 80.8 Å². The maximum Gasteiger partial charge on any atom is 0.460 e. The molecule has 0 saturated heterocycles. The minimum absolute atomic E-state index is 0.0142. The van der Waals surface area contributed by atoms with Crippen molar-refractivity contribution in [1.82, 2.24) is 0 Å². The fourth-order valence-corrected chi connectivity index (χ4v) is 7.75. The summed E-state index contributed by atoms with van der Waals surface area (Å²) in [4.78, 5) is 12.5. The van der Waals surface area contributed by atoms with Crippen LogP contribution in [0.2, 0.25) is 0 Å². The minimum atomic E-state index is -8.63. The van der Waals surface area contributed by atoms with Gasteiger partial charge in [0.15, 0.2) is 0 Å². The number of quaternary nitrogens is 1. The van der Waals surface area contributed by atoms with Gasteiger partial charge in [-0.1, -0.05) is 142 Å². The first kappa shape index (κ1) is 67.8. The Bertz CT molecular complexity index is 1400. The molecule has 25 heteroatoms. The van der Waals surface area contributed by atoms with Gasteiger partial charge in [0.25, 0.3) is 7.82 Å². The topological polar surface area (TPSA) is 77.1 Å². The minimum Gasteiger partial charge on any atom is -0.756 e. The molecule has 0 radical (unpaired) electrons. The molecule has 0 aromatic carbocycles. The Hall–Kier alpha value is -1.20. The highest BCUT2D eigenvalue weighted by Gasteiger charge is 2.95. The second-order valence-electron chi connectivity index (χ2n) is 18.7. The Morgan fingerprint density at radius 1 is 0.435 bits per heavy atom. The Labute approximate surface area is 396 Å². The van der Waals surface area contributed by atoms with Crippen LogP contribution in [0.5, 0.6) is 0 Å². The number of rotatable bonds is 44. The normalized spacial score (nSPS) is 15.5. The second kappa shape index (κ2) is 30.9. The number of unbranched alkanes of at least 4 members (excludes halogenated alkanes) is 22. The summed E-state index contributed by atoms with van der Waals surface area (Å²) in [7, 11) is 0.871. The zero-order valence-corrected chi connectivity index (χ0v) is 41.2. The fraction of sp³-hybridized carbons (Fsp3) is 1.00. The van der Waals surface area contributed by atoms with Crippen LogP contribution in [0.15, 0.2) is 0 Å². The molecule has 0 spiro atoms. The molecule has 0 aliphatic carbocycles. The molecule has 0 aliphatic heterocycles. The van der Waals surface area contributed by atoms with Gasteiger partial charge in [0.1, 0.15) is 19.3 Å². The average molecular weight is 1070 g/mol. The standard InChI is InChI=1S/C44H75F17NO6P/c1-5-6-7-8-9-10-11-12-13-14-15-18-21-24-27-31-65-34-36(68-69(63,64)67-33-30-62(2,3)4)35-66-32-28-25-22-19-16-17-20-23-26-29-37(45,46)38(47,48)39(49,50)40(51,52)41(53,54)42(55,56)43(57,58)44(59,60)61/h36H,5-35H2,1-4H3. The summed E-state index contributed by atoms with van der Waals surface area (Å²) in [6, 6.07) is 0. The van der Waals surface area contributed by atoms with E-state index in [-0.39, 0.29) is 39.3 Å². The monoisotopic (exact) mass is 1070 g/mol. The molecule has 0 aromatic rings. The van der Waals surface area contributed by atoms with Crippen LogP contribution in [-0.2, 0) is 23.1 Å². The summed E-state index contributed by atoms with van der Waals surface area (Å²) in [6.07, 6.45) is 8.28. The van der Waals surface area contributed by atoms with Crippen molar-refractivity contribution in [3.63, 3.8) is 0 Å². The van der Waals surface area contributed by atoms with E-state index in [1.54, 1.807) is 0 Å². The number of hydrogen-bond donors (Lipinski definition) is 0. The van der Waals surface area contributed by atoms with Crippen molar-refractivity contribution >= 4 is 7.82 Å². The first-order valence-electron chi connectivity index (χ1n) is 23.9. The van der Waals surface area contributed by atoms with Crippen molar-refractivity contribution in [2.45, 2.75) is 221 Å². The van der Waals surface area contributed by atoms with E-state index in [0.29, 0.717) is 49.7 Å². The lowest BCUT2D eigenvalue weighted by atomic mass is 9.87. The zero-order valence-electron chi connectivity index (χ0n) is 40.3. The van der Waals surface area contributed by atoms with E-state index in [2.05, 4.69) is 6.92 Å². The number of ether oxygens (including phenoxy) is 2. The molecular weight excluding hydrogens is 992 g/mol. The fourth-order valence-electron chi connectivity index (χ4n) is 6.90. The van der Waals surface area contributed by atoms with E-state index in [0.717, 1.165) is 25.7 Å². The number of nitrogens with zero attached hydrogens (tertiary/aromatic N) is 1. The molecule has 0 aromatic heterocycles. The van der Waals surface area contributed by atoms with Gasteiger partial charge in [-0.15, -0.1) is 0 Å². The van der Waals surface area contributed by atoms with Crippen LogP contribution in [0.3, 0.4) is 0 Å². The largest absolute Gasteiger partial charge is 0.756 e. The molecule has 0 fully saturated rings. The van der Waals surface area contributed by atoms with Gasteiger partial charge in [0.2, 0.25) is 0 Å². The maximum atomic E-state index is 14.1. The lowest BCUT2D eigenvalue weighted by Gasteiger charge is -2.42. The van der Waals surface area contributed by atoms with Gasteiger partial charge < -0.3 is 27.9 Å². The van der Waals surface area contributed by atoms with Crippen molar-refractivity contribution < 1.29 is 107 Å². The third-order valence-electron chi connectivity index (χ3n) is 11.4. The summed E-state index contributed by atoms with van der Waals surface area (Å²) < 4.78 is 264. The zero-order chi connectivity index (χ0) is 53.3. The van der Waals surface area contributed by atoms with Crippen LogP contribution in [0, 0.1) is 0 Å². The van der Waals surface area contributed by atoms with Crippen LogP contribution >= 0.6 is 7.82 Å². The van der Waals surface area contributed by atoms with Gasteiger partial charge in [-0.25, -0.2) is 0 Å². The molecule has 2 atom stereocenters. The highest BCUT2D eigenvalue weighted by Crippen LogP contribution is 2.64. The molecule has 7 nitrogen and oxygen atoms in total. The molecule has 0 aliphatic rings. The maximum absolute atomic E-state index is 14.1. The smallest absolute Gasteiger partial charge is 0.460 e. The Balaban J connectivity index is 4.70. The molecule has 0 saturated carbocycles. The lowest BCUT2D eigenvalue weighted by molar-refractivity contribution is -0.870. The van der Waals surface area contributed by atoms with Gasteiger partial charge >= 0.3 is 47.6 Å². The second-order valence-corrected chi connectivity index (χ2v) is 20.1. The van der Waals surface area contributed by atoms with Gasteiger partial charge in [0, 0.05) is 19.6 Å². The molecular formula is C44H75F17NO6P. The van der Waals surface area contributed by atoms with Crippen molar-refractivity contribution in [2.24, 2.45) is 0 Å². The molecule has 0 N–H and O–H groups in total. The first-order valence-corrected chi connectivity index (χ1v) is 25.4. The Kier molecular flexibility index (Phi) is 30.3. The highest BCUT2D eigenvalue weighted by molar-refractivity contribution is 7.45. The Morgan fingerprint density at radius 3 is 1.07 bits per heavy atom. The van der Waals surface area contributed by atoms with Crippen molar-refractivity contribution in [3.8, 4) is 0 Å². The van der Waals surface area contributed by atoms with E-state index in [1.165, 1.54) is 70.6 Å². The number of phosphoric ester groups is 1. The predicted molar refractivity (Wildman–Crippen MR) is 225 cm³/mol. The average Bonchev–Trinajstić information content (AvgIpc) is 3.21. The third kappa shape index (κ3) is 22.8. The summed E-state index contributed by atoms with van der Waals surface area (Å²) in [6.45, 7) is 2.91. The number of alkyl halides is 17. The van der Waals surface area contributed by atoms with Crippen LogP contribution in [0.4, 0.5) is 74.6 Å². The SMILES string of the molecule is CCCCCCCCCCCCCCCCCOCC(COCCCCCCCCCCCC(F)(F)C(F)(F)C(F)(F)C(F)(F)C(F)(F)C(F)(F)C(F)(F)C(F)(F)F)OP(=O)([O-])OCC[N+](C)(C)C. The molecule has 0 rings (SSSR count). The van der Waals surface area contributed by atoms with E-state index >= 15 is 0 Å². The van der Waals surface area contributed by atoms with Crippen LogP contribution in [-0.4, -0.2) is 119 Å². The predicted octanol–water partition coefficient (Wildman–Crippen LogP) is 15.4. The van der Waals surface area contributed by atoms with E-state index in [1.807, 2.05) is 21.1 Å². The number of phosphoric acid groups is 1. The molecule has 0 bridgehead atoms. The number of likely N-dealkylation sites (N-methyl/N-ethyl adjacent to an activating group) is 1. The Morgan fingerprint density at radius 2 is 0.739 bits per heavy atom. The summed E-state index contributed by atoms with van der Waals surface area (Å²) in [5, 5.41) is 0. The number of halogens is 17. The molecule has 0 amide bonds. The first-order chi connectivity index (χ1) is 31.6. The van der Waals surface area contributed by atoms with Crippen LogP contribution in [0.1, 0.15) is 167 Å². The van der Waals surface area contributed by atoms with Gasteiger partial charge in [-0.3, -0.25) is 4.57 Å². The van der Waals surface area contributed by atoms with Crippen molar-refractivity contribution in [1.29, 1.82) is 0 Å². The van der Waals surface area contributed by atoms with Crippen LogP contribution < -0.4 is 4.89 Å². The quantitative estimate of drug-likeness (QED) is 0.0262. The summed E-state index contributed by atoms with van der Waals surface area (Å²) >= 11 is 0. The molecule has 416 valence electrons. The highest BCUT2D eigenvalue weighted by atomic mass is 31.2. The molecule has 0 heterocycles. The molecule has 2 unspecified atom stereocenters. The van der Waals surface area contributed by atoms with Gasteiger partial charge in [0.05, 0.1) is 34.4 Å². The molecule has 69 heavy (non-hydrogen) atoms. The van der Waals surface area contributed by atoms with Gasteiger partial charge in [-0.05, 0) is 19.3 Å². The van der Waals surface area contributed by atoms with Crippen molar-refractivity contribution in [2.75, 3.05) is 60.7 Å². The van der Waals surface area contributed by atoms with Gasteiger partial charge in [-0.2, -0.15) is 74.6 Å². The van der Waals surface area contributed by atoms with E-state index in [9.17, 15) is 84.1 Å². The third-order valence-corrected chi connectivity index (χ3v) is 12.4. The van der Waals surface area contributed by atoms with E-state index in [4.69, 9.17) is 18.5 Å². The summed E-state index contributed by atoms with van der Waals surface area (Å²) in [5.74, 6) is -56.1.